The van der Waals surface area contributed by atoms with E-state index in [1.54, 1.807) is 0 Å². The van der Waals surface area contributed by atoms with E-state index in [4.69, 9.17) is 0 Å². The van der Waals surface area contributed by atoms with E-state index in [0.717, 1.165) is 36.6 Å². The highest BCUT2D eigenvalue weighted by molar-refractivity contribution is 5.94. The number of hydrogen-bond acceptors (Lipinski definition) is 1. The van der Waals surface area contributed by atoms with E-state index in [2.05, 4.69) is 5.32 Å². The van der Waals surface area contributed by atoms with E-state index in [1.807, 2.05) is 30.3 Å². The molecule has 0 radical (unpaired) electrons. The highest BCUT2D eigenvalue weighted by atomic mass is 19.1. The first-order valence-electron chi connectivity index (χ1n) is 6.95. The maximum Gasteiger partial charge on any atom is 0.251 e. The van der Waals surface area contributed by atoms with Crippen LogP contribution in [0.4, 0.5) is 8.78 Å². The summed E-state index contributed by atoms with van der Waals surface area (Å²) in [4.78, 5) is 12.2. The monoisotopic (exact) mass is 287 g/mol. The molecule has 0 saturated heterocycles. The molecular weight excluding hydrogens is 272 g/mol. The van der Waals surface area contributed by atoms with Crippen molar-refractivity contribution in [3.8, 4) is 0 Å². The highest BCUT2D eigenvalue weighted by Gasteiger charge is 2.33. The summed E-state index contributed by atoms with van der Waals surface area (Å²) in [5, 5.41) is 2.89. The molecule has 1 saturated carbocycles. The van der Waals surface area contributed by atoms with Crippen LogP contribution in [0.15, 0.2) is 48.5 Å². The Hall–Kier alpha value is -2.23. The van der Waals surface area contributed by atoms with Crippen molar-refractivity contribution in [2.75, 3.05) is 0 Å². The van der Waals surface area contributed by atoms with E-state index in [9.17, 15) is 13.6 Å². The predicted molar refractivity (Wildman–Crippen MR) is 75.7 cm³/mol. The van der Waals surface area contributed by atoms with Crippen LogP contribution >= 0.6 is 0 Å². The largest absolute Gasteiger partial charge is 0.345 e. The summed E-state index contributed by atoms with van der Waals surface area (Å²) in [5.41, 5.74) is 1.03. The maximum absolute atomic E-state index is 13.2. The summed E-state index contributed by atoms with van der Waals surface area (Å²) < 4.78 is 26.4. The van der Waals surface area contributed by atoms with Gasteiger partial charge in [-0.2, -0.15) is 0 Å². The minimum atomic E-state index is -0.747. The molecule has 1 atom stereocenters. The summed E-state index contributed by atoms with van der Waals surface area (Å²) >= 11 is 0. The SMILES string of the molecule is O=C(NC(c1ccccc1)C1CC1)c1cc(F)cc(F)c1. The van der Waals surface area contributed by atoms with Crippen LogP contribution in [0.25, 0.3) is 0 Å². The third-order valence-corrected chi connectivity index (χ3v) is 3.66. The smallest absolute Gasteiger partial charge is 0.251 e. The molecule has 1 unspecified atom stereocenters. The zero-order chi connectivity index (χ0) is 14.8. The van der Waals surface area contributed by atoms with Crippen molar-refractivity contribution in [3.05, 3.63) is 71.3 Å². The summed E-state index contributed by atoms with van der Waals surface area (Å²) in [6, 6.07) is 12.4. The zero-order valence-corrected chi connectivity index (χ0v) is 11.4. The molecule has 1 aliphatic carbocycles. The van der Waals surface area contributed by atoms with E-state index in [1.165, 1.54) is 0 Å². The van der Waals surface area contributed by atoms with Gasteiger partial charge in [-0.05, 0) is 36.5 Å². The van der Waals surface area contributed by atoms with Crippen LogP contribution in [0.3, 0.4) is 0 Å². The van der Waals surface area contributed by atoms with Gasteiger partial charge in [-0.25, -0.2) is 8.78 Å². The molecule has 0 heterocycles. The number of hydrogen-bond donors (Lipinski definition) is 1. The van der Waals surface area contributed by atoms with Crippen molar-refractivity contribution in [2.24, 2.45) is 5.92 Å². The van der Waals surface area contributed by atoms with Gasteiger partial charge in [-0.15, -0.1) is 0 Å². The lowest BCUT2D eigenvalue weighted by atomic mass is 10.0. The van der Waals surface area contributed by atoms with Gasteiger partial charge in [0.2, 0.25) is 0 Å². The zero-order valence-electron chi connectivity index (χ0n) is 11.4. The van der Waals surface area contributed by atoms with E-state index in [-0.39, 0.29) is 11.6 Å². The quantitative estimate of drug-likeness (QED) is 0.909. The van der Waals surface area contributed by atoms with Crippen LogP contribution in [0.1, 0.15) is 34.8 Å². The Morgan fingerprint density at radius 3 is 2.24 bits per heavy atom. The molecular formula is C17H15F2NO. The Morgan fingerprint density at radius 2 is 1.67 bits per heavy atom. The topological polar surface area (TPSA) is 29.1 Å². The molecule has 1 N–H and O–H groups in total. The number of benzene rings is 2. The Labute approximate surface area is 121 Å². The Balaban J connectivity index is 1.81. The van der Waals surface area contributed by atoms with Crippen molar-refractivity contribution in [3.63, 3.8) is 0 Å². The van der Waals surface area contributed by atoms with E-state index in [0.29, 0.717) is 5.92 Å². The van der Waals surface area contributed by atoms with Gasteiger partial charge >= 0.3 is 0 Å². The second-order valence-electron chi connectivity index (χ2n) is 5.36. The van der Waals surface area contributed by atoms with Crippen LogP contribution in [-0.2, 0) is 0 Å². The van der Waals surface area contributed by atoms with Gasteiger partial charge in [-0.1, -0.05) is 30.3 Å². The minimum Gasteiger partial charge on any atom is -0.345 e. The lowest BCUT2D eigenvalue weighted by molar-refractivity contribution is 0.0930. The summed E-state index contributed by atoms with van der Waals surface area (Å²) in [5.74, 6) is -1.55. The average molecular weight is 287 g/mol. The second kappa shape index (κ2) is 5.64. The fourth-order valence-electron chi connectivity index (χ4n) is 2.47. The van der Waals surface area contributed by atoms with Gasteiger partial charge in [0, 0.05) is 11.6 Å². The van der Waals surface area contributed by atoms with Gasteiger partial charge in [-0.3, -0.25) is 4.79 Å². The number of carbonyl (C=O) groups is 1. The Kier molecular flexibility index (Phi) is 3.69. The first-order valence-corrected chi connectivity index (χ1v) is 6.95. The van der Waals surface area contributed by atoms with Gasteiger partial charge < -0.3 is 5.32 Å². The van der Waals surface area contributed by atoms with Crippen molar-refractivity contribution in [1.82, 2.24) is 5.32 Å². The molecule has 3 rings (SSSR count). The first-order chi connectivity index (χ1) is 10.1. The van der Waals surface area contributed by atoms with Crippen molar-refractivity contribution in [1.29, 1.82) is 0 Å². The van der Waals surface area contributed by atoms with Crippen LogP contribution in [0, 0.1) is 17.6 Å². The molecule has 0 bridgehead atoms. The summed E-state index contributed by atoms with van der Waals surface area (Å²) in [6.45, 7) is 0. The first kappa shape index (κ1) is 13.7. The number of halogens is 2. The van der Waals surface area contributed by atoms with Crippen LogP contribution in [0.5, 0.6) is 0 Å². The molecule has 1 aliphatic rings. The average Bonchev–Trinajstić information content (AvgIpc) is 3.29. The number of carbonyl (C=O) groups excluding carboxylic acids is 1. The molecule has 21 heavy (non-hydrogen) atoms. The number of rotatable bonds is 4. The lowest BCUT2D eigenvalue weighted by Gasteiger charge is -2.19. The highest BCUT2D eigenvalue weighted by Crippen LogP contribution is 2.41. The second-order valence-corrected chi connectivity index (χ2v) is 5.36. The molecule has 2 nitrogen and oxygen atoms in total. The van der Waals surface area contributed by atoms with Crippen molar-refractivity contribution < 1.29 is 13.6 Å². The van der Waals surface area contributed by atoms with Gasteiger partial charge in [0.25, 0.3) is 5.91 Å². The normalized spacial score (nSPS) is 15.5. The van der Waals surface area contributed by atoms with Crippen molar-refractivity contribution >= 4 is 5.91 Å². The third-order valence-electron chi connectivity index (χ3n) is 3.66. The lowest BCUT2D eigenvalue weighted by Crippen LogP contribution is -2.30. The van der Waals surface area contributed by atoms with Crippen LogP contribution < -0.4 is 5.32 Å². The minimum absolute atomic E-state index is 0.00841. The molecule has 0 aromatic heterocycles. The molecule has 0 aliphatic heterocycles. The van der Waals surface area contributed by atoms with Gasteiger partial charge in [0.05, 0.1) is 6.04 Å². The Morgan fingerprint density at radius 1 is 1.05 bits per heavy atom. The maximum atomic E-state index is 13.2. The Bertz CT molecular complexity index is 633. The molecule has 0 spiro atoms. The standard InChI is InChI=1S/C17H15F2NO/c18-14-8-13(9-15(19)10-14)17(21)20-16(12-6-7-12)11-4-2-1-3-5-11/h1-5,8-10,12,16H,6-7H2,(H,20,21). The summed E-state index contributed by atoms with van der Waals surface area (Å²) in [6.07, 6.45) is 2.11. The van der Waals surface area contributed by atoms with Crippen LogP contribution in [0.2, 0.25) is 0 Å². The molecule has 2 aromatic carbocycles. The third kappa shape index (κ3) is 3.27. The molecule has 1 fully saturated rings. The van der Waals surface area contributed by atoms with Gasteiger partial charge in [0.15, 0.2) is 0 Å². The van der Waals surface area contributed by atoms with Crippen LogP contribution in [-0.4, -0.2) is 5.91 Å². The fourth-order valence-corrected chi connectivity index (χ4v) is 2.47. The fraction of sp³-hybridized carbons (Fsp3) is 0.235. The number of nitrogens with one attached hydrogen (secondary N) is 1. The van der Waals surface area contributed by atoms with E-state index < -0.39 is 17.5 Å². The predicted octanol–water partition coefficient (Wildman–Crippen LogP) is 3.85. The molecule has 1 amide bonds. The number of amides is 1. The molecule has 4 heteroatoms. The van der Waals surface area contributed by atoms with Crippen molar-refractivity contribution in [2.45, 2.75) is 18.9 Å². The molecule has 108 valence electrons. The molecule has 2 aromatic rings. The van der Waals surface area contributed by atoms with E-state index >= 15 is 0 Å². The summed E-state index contributed by atoms with van der Waals surface area (Å²) in [7, 11) is 0. The van der Waals surface area contributed by atoms with Gasteiger partial charge in [0.1, 0.15) is 11.6 Å².